The summed E-state index contributed by atoms with van der Waals surface area (Å²) in [7, 11) is 0. The molecule has 1 unspecified atom stereocenters. The predicted octanol–water partition coefficient (Wildman–Crippen LogP) is 2.40. The lowest BCUT2D eigenvalue weighted by atomic mass is 9.96. The standard InChI is InChI=1S/C17H16ClNO4/c18-13-5-3-12(4-6-13)17(23-10-20)16(22)15(19)9-11-1-7-14(21)8-2-11/h1-8,10,15,17,21H,9,19H2/t15-,17?/m0/s1. The van der Waals surface area contributed by atoms with Gasteiger partial charge in [-0.15, -0.1) is 0 Å². The van der Waals surface area contributed by atoms with E-state index in [9.17, 15) is 14.7 Å². The van der Waals surface area contributed by atoms with Crippen molar-refractivity contribution in [2.75, 3.05) is 0 Å². The number of halogens is 1. The van der Waals surface area contributed by atoms with Crippen molar-refractivity contribution in [3.63, 3.8) is 0 Å². The highest BCUT2D eigenvalue weighted by Gasteiger charge is 2.27. The third kappa shape index (κ3) is 4.55. The monoisotopic (exact) mass is 333 g/mol. The summed E-state index contributed by atoms with van der Waals surface area (Å²) < 4.78 is 4.91. The number of ether oxygens (including phenoxy) is 1. The number of aromatic hydroxyl groups is 1. The van der Waals surface area contributed by atoms with Gasteiger partial charge in [0.2, 0.25) is 0 Å². The number of nitrogens with two attached hydrogens (primary N) is 1. The van der Waals surface area contributed by atoms with Crippen LogP contribution in [0.4, 0.5) is 0 Å². The Morgan fingerprint density at radius 1 is 1.17 bits per heavy atom. The zero-order chi connectivity index (χ0) is 16.8. The lowest BCUT2D eigenvalue weighted by Crippen LogP contribution is -2.37. The first-order valence-corrected chi connectivity index (χ1v) is 7.31. The van der Waals surface area contributed by atoms with E-state index in [1.54, 1.807) is 36.4 Å². The topological polar surface area (TPSA) is 89.6 Å². The molecule has 0 saturated carbocycles. The Bertz CT molecular complexity index is 670. The first-order valence-electron chi connectivity index (χ1n) is 6.93. The predicted molar refractivity (Wildman–Crippen MR) is 86.1 cm³/mol. The summed E-state index contributed by atoms with van der Waals surface area (Å²) in [5, 5.41) is 9.77. The second-order valence-electron chi connectivity index (χ2n) is 5.04. The molecule has 2 aromatic rings. The summed E-state index contributed by atoms with van der Waals surface area (Å²) in [4.78, 5) is 23.2. The maximum Gasteiger partial charge on any atom is 0.294 e. The Kier molecular flexibility index (Phi) is 5.73. The number of phenolic OH excluding ortho intramolecular Hbond substituents is 1. The number of rotatable bonds is 7. The molecule has 0 aliphatic carbocycles. The molecule has 0 aliphatic heterocycles. The molecule has 2 rings (SSSR count). The van der Waals surface area contributed by atoms with E-state index in [-0.39, 0.29) is 18.6 Å². The lowest BCUT2D eigenvalue weighted by molar-refractivity contribution is -0.144. The molecule has 0 fully saturated rings. The summed E-state index contributed by atoms with van der Waals surface area (Å²) in [5.41, 5.74) is 7.25. The summed E-state index contributed by atoms with van der Waals surface area (Å²) in [5.74, 6) is -0.274. The van der Waals surface area contributed by atoms with Crippen LogP contribution in [0.25, 0.3) is 0 Å². The first-order chi connectivity index (χ1) is 11.0. The van der Waals surface area contributed by atoms with Gasteiger partial charge in [0.05, 0.1) is 6.04 Å². The van der Waals surface area contributed by atoms with Crippen LogP contribution in [-0.4, -0.2) is 23.4 Å². The quantitative estimate of drug-likeness (QED) is 0.759. The van der Waals surface area contributed by atoms with Crippen molar-refractivity contribution in [3.8, 4) is 5.75 Å². The maximum absolute atomic E-state index is 12.5. The van der Waals surface area contributed by atoms with Crippen molar-refractivity contribution < 1.29 is 19.4 Å². The van der Waals surface area contributed by atoms with Gasteiger partial charge >= 0.3 is 0 Å². The molecular formula is C17H16ClNO4. The smallest absolute Gasteiger partial charge is 0.294 e. The normalized spacial score (nSPS) is 13.1. The number of Topliss-reactive ketones (excluding diaryl/α,β-unsaturated/α-hetero) is 1. The molecule has 120 valence electrons. The zero-order valence-corrected chi connectivity index (χ0v) is 12.9. The van der Waals surface area contributed by atoms with E-state index in [2.05, 4.69) is 0 Å². The van der Waals surface area contributed by atoms with Crippen molar-refractivity contribution in [3.05, 3.63) is 64.7 Å². The third-order valence-corrected chi connectivity index (χ3v) is 3.63. The Balaban J connectivity index is 2.14. The second-order valence-corrected chi connectivity index (χ2v) is 5.48. The van der Waals surface area contributed by atoms with Crippen LogP contribution in [0.1, 0.15) is 17.2 Å². The van der Waals surface area contributed by atoms with Crippen molar-refractivity contribution in [1.82, 2.24) is 0 Å². The van der Waals surface area contributed by atoms with Crippen molar-refractivity contribution >= 4 is 23.9 Å². The lowest BCUT2D eigenvalue weighted by Gasteiger charge is -2.19. The minimum absolute atomic E-state index is 0.136. The molecule has 3 N–H and O–H groups in total. The summed E-state index contributed by atoms with van der Waals surface area (Å²) in [6.07, 6.45) is -0.803. The highest BCUT2D eigenvalue weighted by atomic mass is 35.5. The molecule has 0 heterocycles. The molecule has 0 saturated heterocycles. The van der Waals surface area contributed by atoms with Gasteiger partial charge in [-0.1, -0.05) is 35.9 Å². The van der Waals surface area contributed by atoms with E-state index in [1.807, 2.05) is 0 Å². The van der Waals surface area contributed by atoms with Gasteiger partial charge in [-0.05, 0) is 36.2 Å². The maximum atomic E-state index is 12.5. The van der Waals surface area contributed by atoms with Crippen LogP contribution < -0.4 is 5.73 Å². The van der Waals surface area contributed by atoms with Crippen LogP contribution in [0.2, 0.25) is 5.02 Å². The van der Waals surface area contributed by atoms with Crippen molar-refractivity contribution in [2.24, 2.45) is 5.73 Å². The minimum atomic E-state index is -1.07. The van der Waals surface area contributed by atoms with Gasteiger partial charge in [-0.25, -0.2) is 0 Å². The number of hydrogen-bond donors (Lipinski definition) is 2. The van der Waals surface area contributed by atoms with Crippen LogP contribution in [0.15, 0.2) is 48.5 Å². The van der Waals surface area contributed by atoms with E-state index in [1.165, 1.54) is 12.1 Å². The Morgan fingerprint density at radius 2 is 1.78 bits per heavy atom. The van der Waals surface area contributed by atoms with Crippen LogP contribution >= 0.6 is 11.6 Å². The fraction of sp³-hybridized carbons (Fsp3) is 0.176. The SMILES string of the molecule is N[C@@H](Cc1ccc(O)cc1)C(=O)C(OC=O)c1ccc(Cl)cc1. The van der Waals surface area contributed by atoms with Gasteiger partial charge in [-0.2, -0.15) is 0 Å². The Labute approximate surface area is 138 Å². The molecule has 0 bridgehead atoms. The molecule has 0 radical (unpaired) electrons. The average molecular weight is 334 g/mol. The molecule has 0 aliphatic rings. The molecule has 0 amide bonds. The van der Waals surface area contributed by atoms with Gasteiger partial charge in [0.25, 0.3) is 6.47 Å². The number of carbonyl (C=O) groups excluding carboxylic acids is 2. The average Bonchev–Trinajstić information content (AvgIpc) is 2.55. The van der Waals surface area contributed by atoms with E-state index < -0.39 is 17.9 Å². The molecule has 6 heteroatoms. The molecule has 5 nitrogen and oxygen atoms in total. The molecule has 0 spiro atoms. The number of hydrogen-bond acceptors (Lipinski definition) is 5. The fourth-order valence-corrected chi connectivity index (χ4v) is 2.31. The minimum Gasteiger partial charge on any atom is -0.508 e. The number of ketones is 1. The van der Waals surface area contributed by atoms with E-state index >= 15 is 0 Å². The molecule has 23 heavy (non-hydrogen) atoms. The molecular weight excluding hydrogens is 318 g/mol. The van der Waals surface area contributed by atoms with E-state index in [0.717, 1.165) is 5.56 Å². The Morgan fingerprint density at radius 3 is 2.35 bits per heavy atom. The Hall–Kier alpha value is -2.37. The second kappa shape index (κ2) is 7.76. The molecule has 2 atom stereocenters. The van der Waals surface area contributed by atoms with Crippen molar-refractivity contribution in [2.45, 2.75) is 18.6 Å². The van der Waals surface area contributed by atoms with Gasteiger partial charge in [0, 0.05) is 10.6 Å². The van der Waals surface area contributed by atoms with E-state index in [0.29, 0.717) is 10.6 Å². The van der Waals surface area contributed by atoms with E-state index in [4.69, 9.17) is 22.1 Å². The molecule has 0 aromatic heterocycles. The van der Waals surface area contributed by atoms with Crippen LogP contribution in [0.5, 0.6) is 5.75 Å². The van der Waals surface area contributed by atoms with Crippen LogP contribution in [0.3, 0.4) is 0 Å². The van der Waals surface area contributed by atoms with Gasteiger partial charge in [-0.3, -0.25) is 9.59 Å². The number of phenols is 1. The number of benzene rings is 2. The van der Waals surface area contributed by atoms with Crippen LogP contribution in [-0.2, 0) is 20.7 Å². The highest BCUT2D eigenvalue weighted by Crippen LogP contribution is 2.22. The summed E-state index contributed by atoms with van der Waals surface area (Å²) >= 11 is 5.82. The zero-order valence-electron chi connectivity index (χ0n) is 12.2. The highest BCUT2D eigenvalue weighted by molar-refractivity contribution is 6.30. The third-order valence-electron chi connectivity index (χ3n) is 3.38. The first kappa shape index (κ1) is 17.0. The van der Waals surface area contributed by atoms with Crippen LogP contribution in [0, 0.1) is 0 Å². The fourth-order valence-electron chi connectivity index (χ4n) is 2.18. The summed E-state index contributed by atoms with van der Waals surface area (Å²) in [6.45, 7) is 0.227. The largest absolute Gasteiger partial charge is 0.508 e. The number of carbonyl (C=O) groups is 2. The van der Waals surface area contributed by atoms with Crippen molar-refractivity contribution in [1.29, 1.82) is 0 Å². The summed E-state index contributed by atoms with van der Waals surface area (Å²) in [6, 6.07) is 12.0. The molecule has 2 aromatic carbocycles. The van der Waals surface area contributed by atoms with Gasteiger partial charge < -0.3 is 15.6 Å². The van der Waals surface area contributed by atoms with Gasteiger partial charge in [0.1, 0.15) is 5.75 Å². The van der Waals surface area contributed by atoms with Gasteiger partial charge in [0.15, 0.2) is 11.9 Å².